The van der Waals surface area contributed by atoms with E-state index in [0.29, 0.717) is 45.7 Å². The molecule has 0 radical (unpaired) electrons. The monoisotopic (exact) mass is 373 g/mol. The van der Waals surface area contributed by atoms with Crippen molar-refractivity contribution in [2.75, 3.05) is 51.6 Å². The summed E-state index contributed by atoms with van der Waals surface area (Å²) in [5, 5.41) is 5.57. The van der Waals surface area contributed by atoms with Crippen molar-refractivity contribution < 1.29 is 14.4 Å². The highest BCUT2D eigenvalue weighted by Crippen LogP contribution is 2.35. The van der Waals surface area contributed by atoms with Gasteiger partial charge in [-0.05, 0) is 19.1 Å². The van der Waals surface area contributed by atoms with Crippen molar-refractivity contribution in [2.24, 2.45) is 5.41 Å². The highest BCUT2D eigenvalue weighted by Gasteiger charge is 2.47. The van der Waals surface area contributed by atoms with Gasteiger partial charge in [-0.1, -0.05) is 18.2 Å². The molecule has 1 spiro atoms. The number of nitrogens with zero attached hydrogens (tertiary/aromatic N) is 3. The second-order valence-electron chi connectivity index (χ2n) is 7.28. The van der Waals surface area contributed by atoms with Crippen LogP contribution in [0.25, 0.3) is 0 Å². The molecule has 5 amide bonds. The average Bonchev–Trinajstić information content (AvgIpc) is 2.86. The van der Waals surface area contributed by atoms with Gasteiger partial charge in [-0.2, -0.15) is 0 Å². The molecule has 8 heteroatoms. The predicted octanol–water partition coefficient (Wildman–Crippen LogP) is 1.41. The van der Waals surface area contributed by atoms with Crippen molar-refractivity contribution in [1.29, 1.82) is 0 Å². The molecule has 146 valence electrons. The number of nitrogens with one attached hydrogen (secondary N) is 2. The Labute approximate surface area is 159 Å². The van der Waals surface area contributed by atoms with Crippen LogP contribution in [0.1, 0.15) is 13.3 Å². The molecule has 2 N–H and O–H groups in total. The molecule has 2 saturated heterocycles. The Morgan fingerprint density at radius 3 is 2.22 bits per heavy atom. The SMILES string of the molecule is CCN1CC2(CC1=O)CN(C(=O)NC)CCN(C(=O)Nc1ccccc1)C2. The maximum atomic E-state index is 12.8. The first-order valence-corrected chi connectivity index (χ1v) is 9.32. The van der Waals surface area contributed by atoms with Gasteiger partial charge in [-0.15, -0.1) is 0 Å². The zero-order valence-electron chi connectivity index (χ0n) is 15.9. The van der Waals surface area contributed by atoms with Crippen LogP contribution in [0.4, 0.5) is 15.3 Å². The first kappa shape index (κ1) is 19.0. The van der Waals surface area contributed by atoms with Gasteiger partial charge in [0.2, 0.25) is 5.91 Å². The molecule has 1 aromatic carbocycles. The maximum absolute atomic E-state index is 12.8. The fourth-order valence-corrected chi connectivity index (χ4v) is 3.97. The summed E-state index contributed by atoms with van der Waals surface area (Å²) >= 11 is 0. The number of hydrogen-bond donors (Lipinski definition) is 2. The second kappa shape index (κ2) is 7.85. The van der Waals surface area contributed by atoms with E-state index in [0.717, 1.165) is 5.69 Å². The number of anilines is 1. The fourth-order valence-electron chi connectivity index (χ4n) is 3.97. The van der Waals surface area contributed by atoms with Gasteiger partial charge < -0.3 is 25.3 Å². The molecule has 2 aliphatic heterocycles. The van der Waals surface area contributed by atoms with E-state index >= 15 is 0 Å². The second-order valence-corrected chi connectivity index (χ2v) is 7.28. The third-order valence-corrected chi connectivity index (χ3v) is 5.29. The molecule has 3 rings (SSSR count). The summed E-state index contributed by atoms with van der Waals surface area (Å²) in [4.78, 5) is 42.7. The molecule has 2 aliphatic rings. The minimum atomic E-state index is -0.440. The van der Waals surface area contributed by atoms with Crippen molar-refractivity contribution in [3.63, 3.8) is 0 Å². The van der Waals surface area contributed by atoms with E-state index in [9.17, 15) is 14.4 Å². The first-order valence-electron chi connectivity index (χ1n) is 9.32. The van der Waals surface area contributed by atoms with E-state index in [1.54, 1.807) is 21.7 Å². The van der Waals surface area contributed by atoms with Crippen LogP contribution >= 0.6 is 0 Å². The fraction of sp³-hybridized carbons (Fsp3) is 0.526. The summed E-state index contributed by atoms with van der Waals surface area (Å²) in [5.41, 5.74) is 0.283. The molecule has 8 nitrogen and oxygen atoms in total. The number of benzene rings is 1. The predicted molar refractivity (Wildman–Crippen MR) is 102 cm³/mol. The molecule has 1 atom stereocenters. The van der Waals surface area contributed by atoms with E-state index in [2.05, 4.69) is 10.6 Å². The Bertz CT molecular complexity index is 711. The number of amides is 5. The number of para-hydroxylation sites is 1. The lowest BCUT2D eigenvalue weighted by molar-refractivity contribution is -0.127. The van der Waals surface area contributed by atoms with Gasteiger partial charge in [0.05, 0.1) is 0 Å². The summed E-state index contributed by atoms with van der Waals surface area (Å²) in [6.07, 6.45) is 0.351. The third-order valence-electron chi connectivity index (χ3n) is 5.29. The third kappa shape index (κ3) is 4.15. The van der Waals surface area contributed by atoms with Gasteiger partial charge in [-0.3, -0.25) is 4.79 Å². The standard InChI is InChI=1S/C19H27N5O3/c1-3-22-12-19(11-16(22)25)13-23(17(26)20-2)9-10-24(14-19)18(27)21-15-7-5-4-6-8-15/h4-8H,3,9-14H2,1-2H3,(H,20,26)(H,21,27). The molecule has 0 aromatic heterocycles. The zero-order valence-corrected chi connectivity index (χ0v) is 15.9. The highest BCUT2D eigenvalue weighted by molar-refractivity contribution is 5.89. The summed E-state index contributed by atoms with van der Waals surface area (Å²) in [6.45, 7) is 4.91. The number of rotatable bonds is 2. The van der Waals surface area contributed by atoms with Crippen LogP contribution in [0, 0.1) is 5.41 Å². The lowest BCUT2D eigenvalue weighted by atomic mass is 9.86. The lowest BCUT2D eigenvalue weighted by Gasteiger charge is -2.33. The van der Waals surface area contributed by atoms with Gasteiger partial charge in [0.1, 0.15) is 0 Å². The van der Waals surface area contributed by atoms with Crippen LogP contribution in [0.3, 0.4) is 0 Å². The Morgan fingerprint density at radius 2 is 1.67 bits per heavy atom. The van der Waals surface area contributed by atoms with Crippen molar-refractivity contribution in [3.8, 4) is 0 Å². The smallest absolute Gasteiger partial charge is 0.321 e. The Hall–Kier alpha value is -2.77. The van der Waals surface area contributed by atoms with Gasteiger partial charge >= 0.3 is 12.1 Å². The number of carbonyl (C=O) groups is 3. The number of carbonyl (C=O) groups excluding carboxylic acids is 3. The lowest BCUT2D eigenvalue weighted by Crippen LogP contribution is -2.47. The van der Waals surface area contributed by atoms with Crippen LogP contribution in [0.5, 0.6) is 0 Å². The largest absolute Gasteiger partial charge is 0.342 e. The molecule has 0 bridgehead atoms. The van der Waals surface area contributed by atoms with Crippen molar-refractivity contribution in [1.82, 2.24) is 20.0 Å². The van der Waals surface area contributed by atoms with E-state index in [-0.39, 0.29) is 18.0 Å². The normalized spacial score (nSPS) is 22.7. The number of likely N-dealkylation sites (tertiary alicyclic amines) is 1. The van der Waals surface area contributed by atoms with Gasteiger partial charge in [0.15, 0.2) is 0 Å². The molecule has 1 unspecified atom stereocenters. The molecule has 2 heterocycles. The topological polar surface area (TPSA) is 85.0 Å². The van der Waals surface area contributed by atoms with Crippen molar-refractivity contribution in [2.45, 2.75) is 13.3 Å². The van der Waals surface area contributed by atoms with Crippen LogP contribution in [0.15, 0.2) is 30.3 Å². The Morgan fingerprint density at radius 1 is 1.04 bits per heavy atom. The van der Waals surface area contributed by atoms with Crippen LogP contribution in [-0.4, -0.2) is 79.0 Å². The minimum Gasteiger partial charge on any atom is -0.342 e. The summed E-state index contributed by atoms with van der Waals surface area (Å²) < 4.78 is 0. The Kier molecular flexibility index (Phi) is 5.53. The quantitative estimate of drug-likeness (QED) is 0.822. The van der Waals surface area contributed by atoms with Crippen molar-refractivity contribution >= 4 is 23.7 Å². The molecule has 2 fully saturated rings. The minimum absolute atomic E-state index is 0.0830. The van der Waals surface area contributed by atoms with Crippen LogP contribution < -0.4 is 10.6 Å². The number of urea groups is 2. The highest BCUT2D eigenvalue weighted by atomic mass is 16.2. The Balaban J connectivity index is 1.80. The van der Waals surface area contributed by atoms with Gasteiger partial charge in [0.25, 0.3) is 0 Å². The van der Waals surface area contributed by atoms with Gasteiger partial charge in [0, 0.05) is 63.8 Å². The van der Waals surface area contributed by atoms with Crippen molar-refractivity contribution in [3.05, 3.63) is 30.3 Å². The van der Waals surface area contributed by atoms with E-state index in [4.69, 9.17) is 0 Å². The average molecular weight is 373 g/mol. The summed E-state index contributed by atoms with van der Waals surface area (Å²) in [6, 6.07) is 8.90. The maximum Gasteiger partial charge on any atom is 0.321 e. The number of hydrogen-bond acceptors (Lipinski definition) is 3. The molecular formula is C19H27N5O3. The summed E-state index contributed by atoms with van der Waals surface area (Å²) in [7, 11) is 1.60. The zero-order chi connectivity index (χ0) is 19.4. The van der Waals surface area contributed by atoms with Crippen LogP contribution in [-0.2, 0) is 4.79 Å². The van der Waals surface area contributed by atoms with E-state index in [1.165, 1.54) is 0 Å². The molecule has 27 heavy (non-hydrogen) atoms. The van der Waals surface area contributed by atoms with Gasteiger partial charge in [-0.25, -0.2) is 9.59 Å². The first-order chi connectivity index (χ1) is 13.0. The molecule has 0 aliphatic carbocycles. The van der Waals surface area contributed by atoms with E-state index < -0.39 is 5.41 Å². The molecule has 1 aromatic rings. The summed E-state index contributed by atoms with van der Waals surface area (Å²) in [5.74, 6) is 0.0830. The van der Waals surface area contributed by atoms with Crippen LogP contribution in [0.2, 0.25) is 0 Å². The van der Waals surface area contributed by atoms with E-state index in [1.807, 2.05) is 37.3 Å². The molecule has 0 saturated carbocycles. The molecular weight excluding hydrogens is 346 g/mol.